The van der Waals surface area contributed by atoms with Crippen LogP contribution in [-0.2, 0) is 4.79 Å². The smallest absolute Gasteiger partial charge is 0.320 e. The molecule has 1 aliphatic rings. The molecule has 2 unspecified atom stereocenters. The molecule has 1 fully saturated rings. The van der Waals surface area contributed by atoms with Gasteiger partial charge >= 0.3 is 5.97 Å². The number of carboxylic acid groups (broad SMARTS) is 1. The van der Waals surface area contributed by atoms with Crippen LogP contribution in [0.4, 0.5) is 0 Å². The monoisotopic (exact) mass is 187 g/mol. The number of nitrogens with zero attached hydrogens (tertiary/aromatic N) is 1. The van der Waals surface area contributed by atoms with Gasteiger partial charge < -0.3 is 10.2 Å². The number of aliphatic hydroxyl groups is 1. The molecule has 1 heterocycles. The van der Waals surface area contributed by atoms with Crippen molar-refractivity contribution in [1.82, 2.24) is 4.90 Å². The summed E-state index contributed by atoms with van der Waals surface area (Å²) in [5, 5.41) is 18.4. The van der Waals surface area contributed by atoms with E-state index in [0.717, 1.165) is 0 Å². The minimum atomic E-state index is -0.829. The maximum atomic E-state index is 10.7. The van der Waals surface area contributed by atoms with Crippen molar-refractivity contribution in [1.29, 1.82) is 0 Å². The lowest BCUT2D eigenvalue weighted by Crippen LogP contribution is -2.38. The third kappa shape index (κ3) is 2.00. The Morgan fingerprint density at radius 3 is 2.46 bits per heavy atom. The van der Waals surface area contributed by atoms with Gasteiger partial charge in [-0.15, -0.1) is 0 Å². The molecule has 0 radical (unpaired) electrons. The molecule has 0 bridgehead atoms. The van der Waals surface area contributed by atoms with E-state index >= 15 is 0 Å². The van der Waals surface area contributed by atoms with Gasteiger partial charge in [0.1, 0.15) is 6.04 Å². The molecule has 0 aliphatic carbocycles. The molecule has 13 heavy (non-hydrogen) atoms. The van der Waals surface area contributed by atoms with Crippen LogP contribution < -0.4 is 0 Å². The fourth-order valence-corrected chi connectivity index (χ4v) is 1.61. The normalized spacial score (nSPS) is 30.3. The minimum absolute atomic E-state index is 0.191. The SMILES string of the molecule is CC(C(=O)O)N1CC(O)C(C)(C)C1. The van der Waals surface area contributed by atoms with E-state index in [1.165, 1.54) is 0 Å². The fraction of sp³-hybridized carbons (Fsp3) is 0.889. The molecule has 0 amide bonds. The van der Waals surface area contributed by atoms with Crippen LogP contribution >= 0.6 is 0 Å². The van der Waals surface area contributed by atoms with Gasteiger partial charge in [0, 0.05) is 18.5 Å². The minimum Gasteiger partial charge on any atom is -0.480 e. The van der Waals surface area contributed by atoms with Gasteiger partial charge in [-0.05, 0) is 6.92 Å². The summed E-state index contributed by atoms with van der Waals surface area (Å²) in [6.07, 6.45) is -0.422. The zero-order valence-electron chi connectivity index (χ0n) is 8.32. The first-order valence-corrected chi connectivity index (χ1v) is 4.49. The summed E-state index contributed by atoms with van der Waals surface area (Å²) in [6, 6.07) is -0.503. The Bertz CT molecular complexity index is 215. The Labute approximate surface area is 78.2 Å². The number of hydrogen-bond donors (Lipinski definition) is 2. The Balaban J connectivity index is 2.63. The first kappa shape index (κ1) is 10.5. The Morgan fingerprint density at radius 2 is 2.15 bits per heavy atom. The Morgan fingerprint density at radius 1 is 1.62 bits per heavy atom. The highest BCUT2D eigenvalue weighted by Crippen LogP contribution is 2.30. The van der Waals surface area contributed by atoms with Crippen molar-refractivity contribution in [2.75, 3.05) is 13.1 Å². The van der Waals surface area contributed by atoms with Crippen molar-refractivity contribution in [3.05, 3.63) is 0 Å². The fourth-order valence-electron chi connectivity index (χ4n) is 1.61. The molecule has 0 aromatic rings. The Hall–Kier alpha value is -0.610. The maximum absolute atomic E-state index is 10.7. The molecule has 1 aliphatic heterocycles. The van der Waals surface area contributed by atoms with Crippen LogP contribution in [0.1, 0.15) is 20.8 Å². The second-order valence-corrected chi connectivity index (χ2v) is 4.45. The van der Waals surface area contributed by atoms with Crippen LogP contribution in [0.5, 0.6) is 0 Å². The molecule has 4 heteroatoms. The highest BCUT2D eigenvalue weighted by molar-refractivity contribution is 5.72. The third-order valence-electron chi connectivity index (χ3n) is 2.83. The second-order valence-electron chi connectivity index (χ2n) is 4.45. The van der Waals surface area contributed by atoms with Crippen molar-refractivity contribution in [2.45, 2.75) is 32.9 Å². The number of carbonyl (C=O) groups is 1. The van der Waals surface area contributed by atoms with E-state index in [1.54, 1.807) is 11.8 Å². The summed E-state index contributed by atoms with van der Waals surface area (Å²) in [5.74, 6) is -0.829. The van der Waals surface area contributed by atoms with E-state index in [4.69, 9.17) is 5.11 Å². The van der Waals surface area contributed by atoms with Crippen LogP contribution in [-0.4, -0.2) is 46.3 Å². The van der Waals surface area contributed by atoms with Gasteiger partial charge in [-0.2, -0.15) is 0 Å². The van der Waals surface area contributed by atoms with Crippen molar-refractivity contribution < 1.29 is 15.0 Å². The summed E-state index contributed by atoms with van der Waals surface area (Å²) >= 11 is 0. The van der Waals surface area contributed by atoms with Gasteiger partial charge in [-0.25, -0.2) is 0 Å². The summed E-state index contributed by atoms with van der Waals surface area (Å²) < 4.78 is 0. The molecular formula is C9H17NO3. The number of carboxylic acids is 1. The van der Waals surface area contributed by atoms with E-state index in [2.05, 4.69) is 0 Å². The number of likely N-dealkylation sites (tertiary alicyclic amines) is 1. The van der Waals surface area contributed by atoms with Crippen molar-refractivity contribution in [3.63, 3.8) is 0 Å². The molecule has 0 aromatic heterocycles. The molecule has 0 saturated carbocycles. The van der Waals surface area contributed by atoms with Crippen LogP contribution in [0.15, 0.2) is 0 Å². The predicted molar refractivity (Wildman–Crippen MR) is 48.5 cm³/mol. The quantitative estimate of drug-likeness (QED) is 0.646. The van der Waals surface area contributed by atoms with Gasteiger partial charge in [-0.1, -0.05) is 13.8 Å². The first-order valence-electron chi connectivity index (χ1n) is 4.49. The summed E-state index contributed by atoms with van der Waals surface area (Å²) in [6.45, 7) is 6.65. The van der Waals surface area contributed by atoms with Crippen molar-refractivity contribution in [2.24, 2.45) is 5.41 Å². The standard InChI is InChI=1S/C9H17NO3/c1-6(8(12)13)10-4-7(11)9(2,3)5-10/h6-7,11H,4-5H2,1-3H3,(H,12,13). The van der Waals surface area contributed by atoms with Crippen molar-refractivity contribution >= 4 is 5.97 Å². The molecule has 2 N–H and O–H groups in total. The first-order chi connectivity index (χ1) is 5.84. The Kier molecular flexibility index (Phi) is 2.63. The van der Waals surface area contributed by atoms with Crippen LogP contribution in [0.3, 0.4) is 0 Å². The summed E-state index contributed by atoms with van der Waals surface area (Å²) in [4.78, 5) is 12.5. The molecule has 1 rings (SSSR count). The van der Waals surface area contributed by atoms with Gasteiger partial charge in [0.05, 0.1) is 6.10 Å². The second kappa shape index (κ2) is 3.27. The van der Waals surface area contributed by atoms with E-state index in [1.807, 2.05) is 13.8 Å². The zero-order chi connectivity index (χ0) is 10.2. The van der Waals surface area contributed by atoms with E-state index in [0.29, 0.717) is 13.1 Å². The molecule has 2 atom stereocenters. The topological polar surface area (TPSA) is 60.8 Å². The molecule has 4 nitrogen and oxygen atoms in total. The lowest BCUT2D eigenvalue weighted by Gasteiger charge is -2.22. The van der Waals surface area contributed by atoms with E-state index < -0.39 is 18.1 Å². The summed E-state index contributed by atoms with van der Waals surface area (Å²) in [5.41, 5.74) is -0.191. The highest BCUT2D eigenvalue weighted by Gasteiger charge is 2.41. The molecule has 1 saturated heterocycles. The number of aliphatic hydroxyl groups excluding tert-OH is 1. The highest BCUT2D eigenvalue weighted by atomic mass is 16.4. The van der Waals surface area contributed by atoms with Gasteiger partial charge in [0.15, 0.2) is 0 Å². The largest absolute Gasteiger partial charge is 0.480 e. The van der Waals surface area contributed by atoms with Gasteiger partial charge in [-0.3, -0.25) is 9.69 Å². The summed E-state index contributed by atoms with van der Waals surface area (Å²) in [7, 11) is 0. The average molecular weight is 187 g/mol. The van der Waals surface area contributed by atoms with Crippen LogP contribution in [0.25, 0.3) is 0 Å². The lowest BCUT2D eigenvalue weighted by molar-refractivity contribution is -0.142. The van der Waals surface area contributed by atoms with Crippen molar-refractivity contribution in [3.8, 4) is 0 Å². The predicted octanol–water partition coefficient (Wildman–Crippen LogP) is 0.162. The van der Waals surface area contributed by atoms with Gasteiger partial charge in [0.2, 0.25) is 0 Å². The molecule has 0 aromatic carbocycles. The third-order valence-corrected chi connectivity index (χ3v) is 2.83. The molecule has 76 valence electrons. The zero-order valence-corrected chi connectivity index (χ0v) is 8.32. The number of rotatable bonds is 2. The maximum Gasteiger partial charge on any atom is 0.320 e. The number of aliphatic carboxylic acids is 1. The molecule has 0 spiro atoms. The van der Waals surface area contributed by atoms with E-state index in [-0.39, 0.29) is 5.41 Å². The van der Waals surface area contributed by atoms with E-state index in [9.17, 15) is 9.90 Å². The van der Waals surface area contributed by atoms with Crippen LogP contribution in [0, 0.1) is 5.41 Å². The van der Waals surface area contributed by atoms with Crippen LogP contribution in [0.2, 0.25) is 0 Å². The lowest BCUT2D eigenvalue weighted by atomic mass is 9.90. The number of β-amino-alcohol motifs (C(OH)–C–C–N with tert-alkyl or cyclic N) is 1. The molecular weight excluding hydrogens is 170 g/mol. The van der Waals surface area contributed by atoms with Gasteiger partial charge in [0.25, 0.3) is 0 Å². The number of hydrogen-bond acceptors (Lipinski definition) is 3. The average Bonchev–Trinajstić information content (AvgIpc) is 2.25.